The average Bonchev–Trinajstić information content (AvgIpc) is 2.34. The Morgan fingerprint density at radius 2 is 2.00 bits per heavy atom. The van der Waals surface area contributed by atoms with Crippen molar-refractivity contribution in [1.82, 2.24) is 5.32 Å². The van der Waals surface area contributed by atoms with E-state index in [0.717, 1.165) is 5.75 Å². The number of methoxy groups -OCH3 is 1. The van der Waals surface area contributed by atoms with Gasteiger partial charge in [0, 0.05) is 6.54 Å². The van der Waals surface area contributed by atoms with Gasteiger partial charge in [-0.2, -0.15) is 0 Å². The van der Waals surface area contributed by atoms with Crippen molar-refractivity contribution in [3.63, 3.8) is 0 Å². The Labute approximate surface area is 94.9 Å². The van der Waals surface area contributed by atoms with Crippen molar-refractivity contribution in [1.29, 1.82) is 0 Å². The summed E-state index contributed by atoms with van der Waals surface area (Å²) in [6, 6.07) is 7.05. The largest absolute Gasteiger partial charge is 0.497 e. The fraction of sp³-hybridized carbons (Fsp3) is 0.250. The van der Waals surface area contributed by atoms with Crippen molar-refractivity contribution in [2.24, 2.45) is 0 Å². The van der Waals surface area contributed by atoms with Crippen LogP contribution in [0.4, 0.5) is 0 Å². The summed E-state index contributed by atoms with van der Waals surface area (Å²) in [4.78, 5) is 11.2. The summed E-state index contributed by atoms with van der Waals surface area (Å²) in [5.41, 5.74) is 0. The van der Waals surface area contributed by atoms with Crippen LogP contribution in [0.5, 0.6) is 11.5 Å². The number of hydrogen-bond acceptors (Lipinski definition) is 3. The molecule has 0 saturated heterocycles. The molecule has 4 nitrogen and oxygen atoms in total. The molecule has 0 fully saturated rings. The van der Waals surface area contributed by atoms with Crippen LogP contribution in [0.3, 0.4) is 0 Å². The maximum atomic E-state index is 11.2. The fourth-order valence-corrected chi connectivity index (χ4v) is 1.06. The molecular weight excluding hydrogens is 206 g/mol. The summed E-state index contributed by atoms with van der Waals surface area (Å²) < 4.78 is 10.3. The highest BCUT2D eigenvalue weighted by atomic mass is 16.5. The molecule has 0 saturated carbocycles. The zero-order chi connectivity index (χ0) is 11.8. The number of benzene rings is 1. The van der Waals surface area contributed by atoms with Crippen LogP contribution in [-0.2, 0) is 4.79 Å². The van der Waals surface area contributed by atoms with Crippen LogP contribution >= 0.6 is 0 Å². The normalized spacial score (nSPS) is 9.31. The third-order valence-electron chi connectivity index (χ3n) is 1.87. The molecule has 16 heavy (non-hydrogen) atoms. The zero-order valence-corrected chi connectivity index (χ0v) is 9.23. The van der Waals surface area contributed by atoms with Crippen LogP contribution in [0.2, 0.25) is 0 Å². The molecule has 0 aliphatic rings. The van der Waals surface area contributed by atoms with Crippen molar-refractivity contribution in [3.8, 4) is 11.5 Å². The Morgan fingerprint density at radius 3 is 2.56 bits per heavy atom. The molecule has 0 bridgehead atoms. The highest BCUT2D eigenvalue weighted by molar-refractivity contribution is 5.77. The lowest BCUT2D eigenvalue weighted by Gasteiger charge is -2.06. The van der Waals surface area contributed by atoms with Gasteiger partial charge in [-0.15, -0.1) is 6.58 Å². The molecule has 0 aromatic heterocycles. The molecule has 0 radical (unpaired) electrons. The van der Waals surface area contributed by atoms with Gasteiger partial charge in [-0.05, 0) is 24.3 Å². The lowest BCUT2D eigenvalue weighted by Crippen LogP contribution is -2.28. The molecule has 1 aromatic carbocycles. The highest BCUT2D eigenvalue weighted by Crippen LogP contribution is 2.16. The molecule has 0 aliphatic heterocycles. The summed E-state index contributed by atoms with van der Waals surface area (Å²) in [6.45, 7) is 3.95. The van der Waals surface area contributed by atoms with Crippen molar-refractivity contribution in [3.05, 3.63) is 36.9 Å². The third kappa shape index (κ3) is 4.04. The minimum Gasteiger partial charge on any atom is -0.497 e. The predicted molar refractivity (Wildman–Crippen MR) is 61.7 cm³/mol. The van der Waals surface area contributed by atoms with E-state index in [0.29, 0.717) is 12.3 Å². The van der Waals surface area contributed by atoms with E-state index in [1.165, 1.54) is 0 Å². The van der Waals surface area contributed by atoms with Crippen LogP contribution in [0.25, 0.3) is 0 Å². The van der Waals surface area contributed by atoms with E-state index in [2.05, 4.69) is 11.9 Å². The third-order valence-corrected chi connectivity index (χ3v) is 1.87. The van der Waals surface area contributed by atoms with Gasteiger partial charge < -0.3 is 14.8 Å². The second-order valence-corrected chi connectivity index (χ2v) is 3.06. The Balaban J connectivity index is 2.36. The van der Waals surface area contributed by atoms with E-state index in [-0.39, 0.29) is 12.5 Å². The van der Waals surface area contributed by atoms with Gasteiger partial charge in [0.05, 0.1) is 7.11 Å². The summed E-state index contributed by atoms with van der Waals surface area (Å²) >= 11 is 0. The van der Waals surface area contributed by atoms with Crippen LogP contribution in [0.15, 0.2) is 36.9 Å². The standard InChI is InChI=1S/C12H15NO3/c1-3-8-13-12(14)9-16-11-6-4-10(15-2)5-7-11/h3-7H,1,8-9H2,2H3,(H,13,14). The zero-order valence-electron chi connectivity index (χ0n) is 9.23. The molecule has 0 unspecified atom stereocenters. The second kappa shape index (κ2) is 6.50. The first-order chi connectivity index (χ1) is 7.76. The molecule has 0 atom stereocenters. The van der Waals surface area contributed by atoms with Gasteiger partial charge in [0.1, 0.15) is 11.5 Å². The maximum Gasteiger partial charge on any atom is 0.258 e. The number of rotatable bonds is 6. The number of carbonyl (C=O) groups excluding carboxylic acids is 1. The van der Waals surface area contributed by atoms with Gasteiger partial charge in [0.15, 0.2) is 6.61 Å². The van der Waals surface area contributed by atoms with E-state index in [1.54, 1.807) is 37.5 Å². The first-order valence-corrected chi connectivity index (χ1v) is 4.90. The number of carbonyl (C=O) groups is 1. The number of ether oxygens (including phenoxy) is 2. The van der Waals surface area contributed by atoms with Gasteiger partial charge in [-0.3, -0.25) is 4.79 Å². The van der Waals surface area contributed by atoms with E-state index in [4.69, 9.17) is 9.47 Å². The fourth-order valence-electron chi connectivity index (χ4n) is 1.06. The number of nitrogens with one attached hydrogen (secondary N) is 1. The molecule has 0 aliphatic carbocycles. The summed E-state index contributed by atoms with van der Waals surface area (Å²) in [7, 11) is 1.60. The Hall–Kier alpha value is -1.97. The minimum absolute atomic E-state index is 0.000167. The summed E-state index contributed by atoms with van der Waals surface area (Å²) in [5, 5.41) is 2.62. The van der Waals surface area contributed by atoms with Crippen molar-refractivity contribution in [2.45, 2.75) is 0 Å². The molecule has 0 heterocycles. The van der Waals surface area contributed by atoms with Gasteiger partial charge in [0.2, 0.25) is 0 Å². The molecule has 1 aromatic rings. The molecule has 0 spiro atoms. The van der Waals surface area contributed by atoms with E-state index in [1.807, 2.05) is 0 Å². The topological polar surface area (TPSA) is 47.6 Å². The Morgan fingerprint density at radius 1 is 1.38 bits per heavy atom. The molecule has 1 N–H and O–H groups in total. The van der Waals surface area contributed by atoms with Crippen LogP contribution in [-0.4, -0.2) is 26.2 Å². The van der Waals surface area contributed by atoms with Gasteiger partial charge in [-0.1, -0.05) is 6.08 Å². The first kappa shape index (κ1) is 12.1. The van der Waals surface area contributed by atoms with Crippen molar-refractivity contribution in [2.75, 3.05) is 20.3 Å². The highest BCUT2D eigenvalue weighted by Gasteiger charge is 2.01. The lowest BCUT2D eigenvalue weighted by atomic mass is 10.3. The van der Waals surface area contributed by atoms with Crippen LogP contribution < -0.4 is 14.8 Å². The first-order valence-electron chi connectivity index (χ1n) is 4.90. The Kier molecular flexibility index (Phi) is 4.92. The molecular formula is C12H15NO3. The van der Waals surface area contributed by atoms with Gasteiger partial charge in [0.25, 0.3) is 5.91 Å². The Bertz CT molecular complexity index is 346. The molecule has 86 valence electrons. The second-order valence-electron chi connectivity index (χ2n) is 3.06. The van der Waals surface area contributed by atoms with Crippen LogP contribution in [0, 0.1) is 0 Å². The van der Waals surface area contributed by atoms with E-state index in [9.17, 15) is 4.79 Å². The quantitative estimate of drug-likeness (QED) is 0.738. The van der Waals surface area contributed by atoms with E-state index >= 15 is 0 Å². The summed E-state index contributed by atoms with van der Waals surface area (Å²) in [6.07, 6.45) is 1.62. The average molecular weight is 221 g/mol. The molecule has 1 rings (SSSR count). The number of hydrogen-bond donors (Lipinski definition) is 1. The van der Waals surface area contributed by atoms with E-state index < -0.39 is 0 Å². The van der Waals surface area contributed by atoms with Crippen molar-refractivity contribution >= 4 is 5.91 Å². The minimum atomic E-state index is -0.171. The smallest absolute Gasteiger partial charge is 0.258 e. The molecule has 4 heteroatoms. The van der Waals surface area contributed by atoms with Crippen molar-refractivity contribution < 1.29 is 14.3 Å². The summed E-state index contributed by atoms with van der Waals surface area (Å²) in [5.74, 6) is 1.22. The lowest BCUT2D eigenvalue weighted by molar-refractivity contribution is -0.122. The van der Waals surface area contributed by atoms with Gasteiger partial charge >= 0.3 is 0 Å². The molecule has 1 amide bonds. The maximum absolute atomic E-state index is 11.2. The SMILES string of the molecule is C=CCNC(=O)COc1ccc(OC)cc1. The van der Waals surface area contributed by atoms with Gasteiger partial charge in [-0.25, -0.2) is 0 Å². The number of amides is 1. The van der Waals surface area contributed by atoms with Crippen LogP contribution in [0.1, 0.15) is 0 Å². The monoisotopic (exact) mass is 221 g/mol. The predicted octanol–water partition coefficient (Wildman–Crippen LogP) is 1.38.